The van der Waals surface area contributed by atoms with Gasteiger partial charge in [0.2, 0.25) is 0 Å². The zero-order valence-corrected chi connectivity index (χ0v) is 17.1. The van der Waals surface area contributed by atoms with Crippen LogP contribution in [0.1, 0.15) is 28.4 Å². The van der Waals surface area contributed by atoms with Gasteiger partial charge in [-0.05, 0) is 36.1 Å². The minimum absolute atomic E-state index is 0.183. The SMILES string of the molecule is COc1cc(-c2n[nH]c3nc(C4Cc5ccccc5C4)nc(N)c23)cc(C#N)c1OC. The highest BCUT2D eigenvalue weighted by atomic mass is 16.5. The lowest BCUT2D eigenvalue weighted by Crippen LogP contribution is -2.07. The molecule has 1 aliphatic carbocycles. The van der Waals surface area contributed by atoms with E-state index in [1.54, 1.807) is 12.1 Å². The number of nitriles is 1. The number of anilines is 1. The van der Waals surface area contributed by atoms with Crippen LogP contribution in [0.15, 0.2) is 36.4 Å². The molecule has 0 saturated heterocycles. The summed E-state index contributed by atoms with van der Waals surface area (Å²) in [5.74, 6) is 2.06. The Morgan fingerprint density at radius 1 is 1.10 bits per heavy atom. The Balaban J connectivity index is 1.58. The molecule has 8 heteroatoms. The lowest BCUT2D eigenvalue weighted by molar-refractivity contribution is 0.354. The monoisotopic (exact) mass is 412 g/mol. The second-order valence-electron chi connectivity index (χ2n) is 7.51. The van der Waals surface area contributed by atoms with Crippen LogP contribution in [0.3, 0.4) is 0 Å². The number of methoxy groups -OCH3 is 2. The van der Waals surface area contributed by atoms with Gasteiger partial charge in [0.25, 0.3) is 0 Å². The first kappa shape index (κ1) is 18.9. The van der Waals surface area contributed by atoms with E-state index in [1.807, 2.05) is 0 Å². The molecule has 3 N–H and O–H groups in total. The summed E-state index contributed by atoms with van der Waals surface area (Å²) in [6.45, 7) is 0. The number of nitrogens with zero attached hydrogens (tertiary/aromatic N) is 4. The zero-order valence-electron chi connectivity index (χ0n) is 17.1. The molecule has 0 unspecified atom stereocenters. The van der Waals surface area contributed by atoms with Gasteiger partial charge in [-0.3, -0.25) is 5.10 Å². The second-order valence-corrected chi connectivity index (χ2v) is 7.51. The molecule has 0 spiro atoms. The number of aromatic nitrogens is 4. The van der Waals surface area contributed by atoms with Crippen molar-refractivity contribution in [3.8, 4) is 28.8 Å². The molecular weight excluding hydrogens is 392 g/mol. The van der Waals surface area contributed by atoms with E-state index in [-0.39, 0.29) is 5.92 Å². The molecule has 154 valence electrons. The maximum Gasteiger partial charge on any atom is 0.178 e. The number of nitrogens with one attached hydrogen (secondary N) is 1. The van der Waals surface area contributed by atoms with E-state index < -0.39 is 0 Å². The lowest BCUT2D eigenvalue weighted by Gasteiger charge is -2.11. The Morgan fingerprint density at radius 3 is 2.48 bits per heavy atom. The van der Waals surface area contributed by atoms with Crippen molar-refractivity contribution < 1.29 is 9.47 Å². The van der Waals surface area contributed by atoms with Gasteiger partial charge < -0.3 is 15.2 Å². The summed E-state index contributed by atoms with van der Waals surface area (Å²) in [6.07, 6.45) is 1.78. The number of hydrogen-bond acceptors (Lipinski definition) is 7. The maximum atomic E-state index is 9.53. The van der Waals surface area contributed by atoms with E-state index in [9.17, 15) is 5.26 Å². The largest absolute Gasteiger partial charge is 0.493 e. The van der Waals surface area contributed by atoms with Crippen molar-refractivity contribution in [1.82, 2.24) is 20.2 Å². The van der Waals surface area contributed by atoms with Crippen LogP contribution >= 0.6 is 0 Å². The minimum atomic E-state index is 0.183. The third-order valence-corrected chi connectivity index (χ3v) is 5.75. The highest BCUT2D eigenvalue weighted by Gasteiger charge is 2.27. The van der Waals surface area contributed by atoms with E-state index in [0.29, 0.717) is 51.0 Å². The van der Waals surface area contributed by atoms with Crippen LogP contribution in [0, 0.1) is 11.3 Å². The quantitative estimate of drug-likeness (QED) is 0.527. The van der Waals surface area contributed by atoms with Gasteiger partial charge in [0.1, 0.15) is 23.4 Å². The van der Waals surface area contributed by atoms with E-state index in [4.69, 9.17) is 20.2 Å². The van der Waals surface area contributed by atoms with Crippen LogP contribution < -0.4 is 15.2 Å². The molecule has 0 radical (unpaired) electrons. The third kappa shape index (κ3) is 3.02. The number of fused-ring (bicyclic) bond motifs is 2. The van der Waals surface area contributed by atoms with Gasteiger partial charge in [-0.1, -0.05) is 24.3 Å². The molecule has 0 aliphatic heterocycles. The molecule has 2 aromatic heterocycles. The van der Waals surface area contributed by atoms with Crippen molar-refractivity contribution in [3.05, 3.63) is 58.9 Å². The van der Waals surface area contributed by atoms with E-state index in [0.717, 1.165) is 12.8 Å². The third-order valence-electron chi connectivity index (χ3n) is 5.75. The molecule has 31 heavy (non-hydrogen) atoms. The summed E-state index contributed by atoms with van der Waals surface area (Å²) in [7, 11) is 3.02. The van der Waals surface area contributed by atoms with Crippen LogP contribution in [0.2, 0.25) is 0 Å². The summed E-state index contributed by atoms with van der Waals surface area (Å²) >= 11 is 0. The molecule has 1 aliphatic rings. The fourth-order valence-corrected chi connectivity index (χ4v) is 4.29. The van der Waals surface area contributed by atoms with E-state index in [2.05, 4.69) is 45.5 Å². The molecule has 2 aromatic carbocycles. The Morgan fingerprint density at radius 2 is 1.84 bits per heavy atom. The van der Waals surface area contributed by atoms with Gasteiger partial charge in [-0.25, -0.2) is 9.97 Å². The number of nitrogen functional groups attached to an aromatic ring is 1. The number of H-pyrrole nitrogens is 1. The van der Waals surface area contributed by atoms with E-state index in [1.165, 1.54) is 25.3 Å². The molecule has 4 aromatic rings. The molecule has 8 nitrogen and oxygen atoms in total. The number of aromatic amines is 1. The summed E-state index contributed by atoms with van der Waals surface area (Å²) < 4.78 is 10.7. The van der Waals surface area contributed by atoms with Crippen molar-refractivity contribution in [1.29, 1.82) is 5.26 Å². The number of benzene rings is 2. The standard InChI is InChI=1S/C23H20N6O2/c1-30-17-10-14(9-16(11-24)20(17)31-2)19-18-21(25)26-22(27-23(18)29-28-19)15-7-12-5-3-4-6-13(12)8-15/h3-6,9-10,15H,7-8H2,1-2H3,(H3,25,26,27,28,29). The summed E-state index contributed by atoms with van der Waals surface area (Å²) in [5.41, 5.74) is 11.2. The van der Waals surface area contributed by atoms with Gasteiger partial charge >= 0.3 is 0 Å². The van der Waals surface area contributed by atoms with E-state index >= 15 is 0 Å². The number of nitrogens with two attached hydrogens (primary N) is 1. The van der Waals surface area contributed by atoms with Crippen LogP contribution in [0.4, 0.5) is 5.82 Å². The summed E-state index contributed by atoms with van der Waals surface area (Å²) in [6, 6.07) is 14.0. The lowest BCUT2D eigenvalue weighted by atomic mass is 10.0. The molecule has 0 saturated carbocycles. The maximum absolute atomic E-state index is 9.53. The Hall–Kier alpha value is -4.12. The summed E-state index contributed by atoms with van der Waals surface area (Å²) in [4.78, 5) is 9.37. The first-order valence-electron chi connectivity index (χ1n) is 9.87. The Labute approximate surface area is 178 Å². The zero-order chi connectivity index (χ0) is 21.5. The van der Waals surface area contributed by atoms with Crippen LogP contribution in [-0.4, -0.2) is 34.4 Å². The van der Waals surface area contributed by atoms with Gasteiger partial charge in [0.15, 0.2) is 17.1 Å². The topological polar surface area (TPSA) is 123 Å². The van der Waals surface area contributed by atoms with Crippen molar-refractivity contribution in [3.63, 3.8) is 0 Å². The van der Waals surface area contributed by atoms with Gasteiger partial charge in [-0.15, -0.1) is 0 Å². The van der Waals surface area contributed by atoms with Gasteiger partial charge in [0.05, 0.1) is 25.2 Å². The fourth-order valence-electron chi connectivity index (χ4n) is 4.29. The minimum Gasteiger partial charge on any atom is -0.493 e. The fraction of sp³-hybridized carbons (Fsp3) is 0.217. The molecule has 0 amide bonds. The predicted molar refractivity (Wildman–Crippen MR) is 116 cm³/mol. The van der Waals surface area contributed by atoms with Crippen molar-refractivity contribution in [2.24, 2.45) is 0 Å². The molecule has 0 fully saturated rings. The van der Waals surface area contributed by atoms with Crippen LogP contribution in [0.25, 0.3) is 22.3 Å². The molecule has 5 rings (SSSR count). The Bertz CT molecular complexity index is 1330. The average Bonchev–Trinajstić information content (AvgIpc) is 3.42. The van der Waals surface area contributed by atoms with Crippen molar-refractivity contribution >= 4 is 16.9 Å². The van der Waals surface area contributed by atoms with Crippen molar-refractivity contribution in [2.75, 3.05) is 20.0 Å². The average molecular weight is 412 g/mol. The highest BCUT2D eigenvalue weighted by molar-refractivity contribution is 5.98. The molecule has 2 heterocycles. The molecule has 0 bridgehead atoms. The second kappa shape index (κ2) is 7.29. The number of hydrogen-bond donors (Lipinski definition) is 2. The highest BCUT2D eigenvalue weighted by Crippen LogP contribution is 2.39. The predicted octanol–water partition coefficient (Wildman–Crippen LogP) is 3.37. The van der Waals surface area contributed by atoms with Crippen LogP contribution in [-0.2, 0) is 12.8 Å². The molecule has 0 atom stereocenters. The van der Waals surface area contributed by atoms with Gasteiger partial charge in [0, 0.05) is 11.5 Å². The first-order chi connectivity index (χ1) is 15.1. The molecular formula is C23H20N6O2. The Kier molecular flexibility index (Phi) is 4.44. The number of rotatable bonds is 4. The smallest absolute Gasteiger partial charge is 0.178 e. The normalized spacial score (nSPS) is 13.2. The van der Waals surface area contributed by atoms with Crippen molar-refractivity contribution in [2.45, 2.75) is 18.8 Å². The summed E-state index contributed by atoms with van der Waals surface area (Å²) in [5, 5.41) is 17.6. The van der Waals surface area contributed by atoms with Gasteiger partial charge in [-0.2, -0.15) is 10.4 Å². The first-order valence-corrected chi connectivity index (χ1v) is 9.87. The number of ether oxygens (including phenoxy) is 2. The van der Waals surface area contributed by atoms with Crippen LogP contribution in [0.5, 0.6) is 11.5 Å².